The highest BCUT2D eigenvalue weighted by molar-refractivity contribution is 6.36. The Bertz CT molecular complexity index is 1020. The number of hydrogen-bond donors (Lipinski definition) is 1. The van der Waals surface area contributed by atoms with Crippen molar-refractivity contribution >= 4 is 28.9 Å². The van der Waals surface area contributed by atoms with E-state index >= 15 is 0 Å². The maximum Gasteiger partial charge on any atom is 0.163 e. The summed E-state index contributed by atoms with van der Waals surface area (Å²) in [6, 6.07) is 13.2. The van der Waals surface area contributed by atoms with Gasteiger partial charge in [-0.2, -0.15) is 0 Å². The number of aliphatic imine (C=N–C) groups is 1. The molecule has 1 N–H and O–H groups in total. The average Bonchev–Trinajstić information content (AvgIpc) is 2.99. The number of rotatable bonds is 5. The van der Waals surface area contributed by atoms with E-state index in [2.05, 4.69) is 10.2 Å². The maximum atomic E-state index is 8.94. The summed E-state index contributed by atoms with van der Waals surface area (Å²) >= 11 is 12.7. The molecule has 4 rings (SSSR count). The largest absolute Gasteiger partial charge is 0.394 e. The third-order valence-electron chi connectivity index (χ3n) is 4.23. The fraction of sp³-hybridized carbons (Fsp3) is 0.211. The molecule has 0 radical (unpaired) electrons. The molecule has 1 aliphatic heterocycles. The smallest absolute Gasteiger partial charge is 0.163 e. The quantitative estimate of drug-likeness (QED) is 0.663. The predicted molar refractivity (Wildman–Crippen MR) is 104 cm³/mol. The minimum atomic E-state index is -0.0487. The van der Waals surface area contributed by atoms with E-state index in [0.29, 0.717) is 28.2 Å². The number of nitrogens with zero attached hydrogens (tertiary/aromatic N) is 4. The highest BCUT2D eigenvalue weighted by Crippen LogP contribution is 2.30. The standard InChI is InChI=1S/C19H16Cl2N4O2/c20-12-5-6-16-14(9-12)19(13-3-1-2-4-15(13)21)22-10-17-23-24-18(25(16)17)11-27-8-7-26/h1-6,9,26H,7-8,10-11H2. The Morgan fingerprint density at radius 2 is 1.93 bits per heavy atom. The molecule has 6 nitrogen and oxygen atoms in total. The first-order valence-electron chi connectivity index (χ1n) is 8.40. The number of aliphatic hydroxyl groups is 1. The molecule has 138 valence electrons. The lowest BCUT2D eigenvalue weighted by molar-refractivity contribution is 0.0768. The van der Waals surface area contributed by atoms with Gasteiger partial charge in [0, 0.05) is 21.2 Å². The molecule has 0 saturated heterocycles. The number of ether oxygens (including phenoxy) is 1. The Hall–Kier alpha value is -2.25. The van der Waals surface area contributed by atoms with Crippen LogP contribution in [0.5, 0.6) is 0 Å². The molecule has 0 aliphatic carbocycles. The van der Waals surface area contributed by atoms with Gasteiger partial charge < -0.3 is 9.84 Å². The molecule has 27 heavy (non-hydrogen) atoms. The van der Waals surface area contributed by atoms with E-state index in [1.54, 1.807) is 0 Å². The van der Waals surface area contributed by atoms with E-state index in [0.717, 1.165) is 22.5 Å². The van der Waals surface area contributed by atoms with Crippen LogP contribution in [0.3, 0.4) is 0 Å². The fourth-order valence-corrected chi connectivity index (χ4v) is 3.46. The molecule has 0 unspecified atom stereocenters. The molecule has 0 amide bonds. The second-order valence-electron chi connectivity index (χ2n) is 5.95. The summed E-state index contributed by atoms with van der Waals surface area (Å²) in [6.45, 7) is 0.765. The number of aliphatic hydroxyl groups excluding tert-OH is 1. The average molecular weight is 403 g/mol. The summed E-state index contributed by atoms with van der Waals surface area (Å²) in [4.78, 5) is 4.76. The van der Waals surface area contributed by atoms with Crippen molar-refractivity contribution in [2.24, 2.45) is 4.99 Å². The van der Waals surface area contributed by atoms with Gasteiger partial charge in [0.05, 0.1) is 24.6 Å². The lowest BCUT2D eigenvalue weighted by atomic mass is 10.0. The van der Waals surface area contributed by atoms with Gasteiger partial charge in [-0.25, -0.2) is 0 Å². The van der Waals surface area contributed by atoms with E-state index in [1.165, 1.54) is 0 Å². The van der Waals surface area contributed by atoms with Crippen molar-refractivity contribution in [2.45, 2.75) is 13.2 Å². The van der Waals surface area contributed by atoms with Crippen LogP contribution in [-0.4, -0.2) is 38.8 Å². The van der Waals surface area contributed by atoms with Crippen LogP contribution in [0.4, 0.5) is 0 Å². The van der Waals surface area contributed by atoms with Crippen LogP contribution < -0.4 is 0 Å². The topological polar surface area (TPSA) is 72.5 Å². The highest BCUT2D eigenvalue weighted by atomic mass is 35.5. The molecule has 3 aromatic rings. The highest BCUT2D eigenvalue weighted by Gasteiger charge is 2.24. The van der Waals surface area contributed by atoms with Crippen LogP contribution in [-0.2, 0) is 17.9 Å². The van der Waals surface area contributed by atoms with Crippen molar-refractivity contribution in [3.8, 4) is 5.69 Å². The van der Waals surface area contributed by atoms with E-state index in [9.17, 15) is 0 Å². The lowest BCUT2D eigenvalue weighted by Crippen LogP contribution is -2.11. The molecule has 2 aromatic carbocycles. The van der Waals surface area contributed by atoms with Crippen molar-refractivity contribution in [2.75, 3.05) is 13.2 Å². The summed E-state index contributed by atoms with van der Waals surface area (Å²) in [5.41, 5.74) is 3.29. The normalized spacial score (nSPS) is 12.9. The Balaban J connectivity index is 1.86. The third-order valence-corrected chi connectivity index (χ3v) is 4.79. The van der Waals surface area contributed by atoms with E-state index < -0.39 is 0 Å². The number of halogens is 2. The maximum absolute atomic E-state index is 8.94. The van der Waals surface area contributed by atoms with Crippen LogP contribution in [0.15, 0.2) is 47.5 Å². The van der Waals surface area contributed by atoms with E-state index in [-0.39, 0.29) is 19.8 Å². The van der Waals surface area contributed by atoms with Crippen molar-refractivity contribution in [3.05, 3.63) is 75.3 Å². The van der Waals surface area contributed by atoms with Gasteiger partial charge in [0.25, 0.3) is 0 Å². The van der Waals surface area contributed by atoms with Crippen molar-refractivity contribution in [3.63, 3.8) is 0 Å². The molecule has 8 heteroatoms. The fourth-order valence-electron chi connectivity index (χ4n) is 3.07. The number of fused-ring (bicyclic) bond motifs is 3. The predicted octanol–water partition coefficient (Wildman–Crippen LogP) is 3.43. The van der Waals surface area contributed by atoms with Gasteiger partial charge in [0.15, 0.2) is 11.6 Å². The summed E-state index contributed by atoms with van der Waals surface area (Å²) in [7, 11) is 0. The van der Waals surface area contributed by atoms with Crippen molar-refractivity contribution in [1.29, 1.82) is 0 Å². The second kappa shape index (κ2) is 7.78. The van der Waals surface area contributed by atoms with Gasteiger partial charge in [-0.1, -0.05) is 41.4 Å². The monoisotopic (exact) mass is 402 g/mol. The summed E-state index contributed by atoms with van der Waals surface area (Å²) in [5.74, 6) is 1.33. The van der Waals surface area contributed by atoms with Gasteiger partial charge in [-0.05, 0) is 24.3 Å². The first-order valence-corrected chi connectivity index (χ1v) is 9.16. The Morgan fingerprint density at radius 1 is 1.07 bits per heavy atom. The molecule has 2 heterocycles. The second-order valence-corrected chi connectivity index (χ2v) is 6.79. The van der Waals surface area contributed by atoms with Gasteiger partial charge >= 0.3 is 0 Å². The molecule has 0 spiro atoms. The van der Waals surface area contributed by atoms with E-state index in [1.807, 2.05) is 47.0 Å². The van der Waals surface area contributed by atoms with Crippen LogP contribution in [0, 0.1) is 0 Å². The van der Waals surface area contributed by atoms with Crippen LogP contribution >= 0.6 is 23.2 Å². The molecule has 0 fully saturated rings. The van der Waals surface area contributed by atoms with Gasteiger partial charge in [-0.3, -0.25) is 9.56 Å². The third kappa shape index (κ3) is 3.49. The first-order chi connectivity index (χ1) is 13.2. The Morgan fingerprint density at radius 3 is 2.74 bits per heavy atom. The Kier molecular flexibility index (Phi) is 5.22. The number of benzene rings is 2. The molecule has 1 aliphatic rings. The molecule has 0 saturated carbocycles. The summed E-state index contributed by atoms with van der Waals surface area (Å²) < 4.78 is 7.37. The Labute approximate surface area is 166 Å². The zero-order valence-electron chi connectivity index (χ0n) is 14.3. The van der Waals surface area contributed by atoms with Crippen LogP contribution in [0.2, 0.25) is 10.0 Å². The van der Waals surface area contributed by atoms with Gasteiger partial charge in [0.1, 0.15) is 13.2 Å². The first kappa shape index (κ1) is 18.1. The molecule has 0 bridgehead atoms. The zero-order valence-corrected chi connectivity index (χ0v) is 15.8. The summed E-state index contributed by atoms with van der Waals surface area (Å²) in [6.07, 6.45) is 0. The molecular formula is C19H16Cl2N4O2. The lowest BCUT2D eigenvalue weighted by Gasteiger charge is -2.14. The molecule has 0 atom stereocenters. The van der Waals surface area contributed by atoms with Gasteiger partial charge in [-0.15, -0.1) is 10.2 Å². The van der Waals surface area contributed by atoms with Crippen molar-refractivity contribution < 1.29 is 9.84 Å². The molecule has 1 aromatic heterocycles. The van der Waals surface area contributed by atoms with Crippen LogP contribution in [0.25, 0.3) is 5.69 Å². The SMILES string of the molecule is OCCOCc1nnc2n1-c1ccc(Cl)cc1C(c1ccccc1Cl)=NC2. The molecular weight excluding hydrogens is 387 g/mol. The number of hydrogen-bond acceptors (Lipinski definition) is 5. The zero-order chi connectivity index (χ0) is 18.8. The van der Waals surface area contributed by atoms with Crippen molar-refractivity contribution in [1.82, 2.24) is 14.8 Å². The van der Waals surface area contributed by atoms with Crippen LogP contribution in [0.1, 0.15) is 22.8 Å². The minimum absolute atomic E-state index is 0.0487. The van der Waals surface area contributed by atoms with E-state index in [4.69, 9.17) is 38.0 Å². The minimum Gasteiger partial charge on any atom is -0.394 e. The number of aromatic nitrogens is 3. The summed E-state index contributed by atoms with van der Waals surface area (Å²) in [5, 5.41) is 18.6. The van der Waals surface area contributed by atoms with Gasteiger partial charge in [0.2, 0.25) is 0 Å².